The van der Waals surface area contributed by atoms with Gasteiger partial charge in [-0.3, -0.25) is 0 Å². The molecule has 1 fully saturated rings. The maximum Gasteiger partial charge on any atom is 0.195 e. The van der Waals surface area contributed by atoms with Crippen LogP contribution in [0.1, 0.15) is 32.6 Å². The molecule has 1 aliphatic rings. The Labute approximate surface area is 100 Å². The predicted octanol–water partition coefficient (Wildman–Crippen LogP) is -1.27. The number of hydrogen-bond donors (Lipinski definition) is 5. The van der Waals surface area contributed by atoms with E-state index >= 15 is 0 Å². The van der Waals surface area contributed by atoms with Gasteiger partial charge in [0.15, 0.2) is 5.79 Å². The maximum absolute atomic E-state index is 10.0. The summed E-state index contributed by atoms with van der Waals surface area (Å²) in [7, 11) is 0. The summed E-state index contributed by atoms with van der Waals surface area (Å²) < 4.78 is 5.12. The summed E-state index contributed by atoms with van der Waals surface area (Å²) >= 11 is 0. The zero-order chi connectivity index (χ0) is 13.1. The van der Waals surface area contributed by atoms with Crippen LogP contribution in [0.5, 0.6) is 0 Å². The number of unbranched alkanes of at least 4 members (excludes halogenated alkanes) is 2. The van der Waals surface area contributed by atoms with E-state index in [4.69, 9.17) is 9.84 Å². The molecule has 0 spiro atoms. The zero-order valence-electron chi connectivity index (χ0n) is 9.99. The molecule has 0 saturated carbocycles. The summed E-state index contributed by atoms with van der Waals surface area (Å²) in [5.74, 6) is -1.84. The largest absolute Gasteiger partial charge is 0.394 e. The van der Waals surface area contributed by atoms with Gasteiger partial charge in [-0.25, -0.2) is 0 Å². The molecule has 1 rings (SSSR count). The molecule has 5 N–H and O–H groups in total. The average molecular weight is 250 g/mol. The Morgan fingerprint density at radius 1 is 1.29 bits per heavy atom. The van der Waals surface area contributed by atoms with E-state index in [1.807, 2.05) is 6.92 Å². The molecule has 102 valence electrons. The second-order valence-corrected chi connectivity index (χ2v) is 4.57. The standard InChI is InChI=1S/C11H22O6/c1-2-3-4-5-11(16)10(15)8(14)9(17-11)7(13)6-12/h7-10,12-16H,2-6H2,1H3/t7-,8+,9-,10-,11+/m1/s1. The summed E-state index contributed by atoms with van der Waals surface area (Å²) in [5.41, 5.74) is 0. The molecule has 0 bridgehead atoms. The summed E-state index contributed by atoms with van der Waals surface area (Å²) in [6, 6.07) is 0. The van der Waals surface area contributed by atoms with Gasteiger partial charge in [0.05, 0.1) is 6.61 Å². The van der Waals surface area contributed by atoms with Crippen LogP contribution >= 0.6 is 0 Å². The first-order chi connectivity index (χ1) is 7.96. The third kappa shape index (κ3) is 3.15. The first kappa shape index (κ1) is 14.8. The molecular formula is C11H22O6. The second kappa shape index (κ2) is 6.08. The van der Waals surface area contributed by atoms with Crippen molar-refractivity contribution in [2.45, 2.75) is 62.8 Å². The third-order valence-corrected chi connectivity index (χ3v) is 3.17. The van der Waals surface area contributed by atoms with Crippen LogP contribution in [-0.2, 0) is 4.74 Å². The molecule has 0 unspecified atom stereocenters. The molecule has 0 aromatic rings. The van der Waals surface area contributed by atoms with Gasteiger partial charge in [-0.05, 0) is 6.42 Å². The van der Waals surface area contributed by atoms with E-state index in [0.717, 1.165) is 12.8 Å². The lowest BCUT2D eigenvalue weighted by atomic mass is 9.98. The molecule has 1 heterocycles. The van der Waals surface area contributed by atoms with Gasteiger partial charge >= 0.3 is 0 Å². The van der Waals surface area contributed by atoms with Crippen LogP contribution < -0.4 is 0 Å². The highest BCUT2D eigenvalue weighted by Gasteiger charge is 2.54. The second-order valence-electron chi connectivity index (χ2n) is 4.57. The van der Waals surface area contributed by atoms with Gasteiger partial charge in [0, 0.05) is 6.42 Å². The van der Waals surface area contributed by atoms with Crippen LogP contribution in [0.25, 0.3) is 0 Å². The van der Waals surface area contributed by atoms with Crippen LogP contribution in [0.15, 0.2) is 0 Å². The van der Waals surface area contributed by atoms with E-state index < -0.39 is 36.8 Å². The smallest absolute Gasteiger partial charge is 0.195 e. The highest BCUT2D eigenvalue weighted by Crippen LogP contribution is 2.34. The number of hydrogen-bond acceptors (Lipinski definition) is 6. The van der Waals surface area contributed by atoms with Gasteiger partial charge in [-0.1, -0.05) is 19.8 Å². The van der Waals surface area contributed by atoms with Crippen LogP contribution in [0.2, 0.25) is 0 Å². The highest BCUT2D eigenvalue weighted by atomic mass is 16.7. The van der Waals surface area contributed by atoms with Crippen molar-refractivity contribution in [2.75, 3.05) is 6.61 Å². The lowest BCUT2D eigenvalue weighted by Crippen LogP contribution is -2.43. The fourth-order valence-corrected chi connectivity index (χ4v) is 2.07. The average Bonchev–Trinajstić information content (AvgIpc) is 2.54. The first-order valence-corrected chi connectivity index (χ1v) is 6.01. The van der Waals surface area contributed by atoms with E-state index in [2.05, 4.69) is 0 Å². The molecule has 17 heavy (non-hydrogen) atoms. The first-order valence-electron chi connectivity index (χ1n) is 6.01. The van der Waals surface area contributed by atoms with Crippen molar-refractivity contribution in [1.29, 1.82) is 0 Å². The molecule has 0 aromatic carbocycles. The Balaban J connectivity index is 2.62. The van der Waals surface area contributed by atoms with Gasteiger partial charge < -0.3 is 30.3 Å². The normalized spacial score (nSPS) is 39.5. The van der Waals surface area contributed by atoms with Crippen molar-refractivity contribution in [2.24, 2.45) is 0 Å². The molecule has 5 atom stereocenters. The SMILES string of the molecule is CCCCC[C@]1(O)O[C@H]([C@H](O)CO)[C@H](O)[C@H]1O. The van der Waals surface area contributed by atoms with Crippen molar-refractivity contribution < 1.29 is 30.3 Å². The molecule has 1 aliphatic heterocycles. The Morgan fingerprint density at radius 2 is 1.94 bits per heavy atom. The minimum Gasteiger partial charge on any atom is -0.394 e. The van der Waals surface area contributed by atoms with Crippen LogP contribution in [0.3, 0.4) is 0 Å². The molecule has 6 nitrogen and oxygen atoms in total. The van der Waals surface area contributed by atoms with Crippen molar-refractivity contribution in [3.8, 4) is 0 Å². The van der Waals surface area contributed by atoms with Crippen LogP contribution in [-0.4, -0.2) is 62.3 Å². The fraction of sp³-hybridized carbons (Fsp3) is 1.00. The molecule has 1 saturated heterocycles. The summed E-state index contributed by atoms with van der Waals surface area (Å²) in [4.78, 5) is 0. The van der Waals surface area contributed by atoms with Crippen LogP contribution in [0.4, 0.5) is 0 Å². The quantitative estimate of drug-likeness (QED) is 0.376. The van der Waals surface area contributed by atoms with E-state index in [0.29, 0.717) is 6.42 Å². The van der Waals surface area contributed by atoms with Gasteiger partial charge in [-0.2, -0.15) is 0 Å². The van der Waals surface area contributed by atoms with E-state index in [9.17, 15) is 20.4 Å². The van der Waals surface area contributed by atoms with E-state index in [-0.39, 0.29) is 6.42 Å². The van der Waals surface area contributed by atoms with Crippen molar-refractivity contribution in [3.63, 3.8) is 0 Å². The maximum atomic E-state index is 10.0. The van der Waals surface area contributed by atoms with Gasteiger partial charge in [0.1, 0.15) is 24.4 Å². The van der Waals surface area contributed by atoms with Crippen molar-refractivity contribution in [3.05, 3.63) is 0 Å². The van der Waals surface area contributed by atoms with E-state index in [1.54, 1.807) is 0 Å². The highest BCUT2D eigenvalue weighted by molar-refractivity contribution is 4.97. The topological polar surface area (TPSA) is 110 Å². The van der Waals surface area contributed by atoms with E-state index in [1.165, 1.54) is 0 Å². The van der Waals surface area contributed by atoms with Gasteiger partial charge in [0.25, 0.3) is 0 Å². The minimum atomic E-state index is -1.84. The van der Waals surface area contributed by atoms with Gasteiger partial charge in [0.2, 0.25) is 0 Å². The number of aliphatic hydroxyl groups is 5. The van der Waals surface area contributed by atoms with Crippen LogP contribution in [0, 0.1) is 0 Å². The van der Waals surface area contributed by atoms with Crippen molar-refractivity contribution in [1.82, 2.24) is 0 Å². The molecule has 0 aliphatic carbocycles. The lowest BCUT2D eigenvalue weighted by Gasteiger charge is -2.26. The zero-order valence-corrected chi connectivity index (χ0v) is 9.99. The number of ether oxygens (including phenoxy) is 1. The fourth-order valence-electron chi connectivity index (χ4n) is 2.07. The molecular weight excluding hydrogens is 228 g/mol. The summed E-state index contributed by atoms with van der Waals surface area (Å²) in [6.45, 7) is 1.41. The molecule has 6 heteroatoms. The Hall–Kier alpha value is -0.240. The van der Waals surface area contributed by atoms with Crippen molar-refractivity contribution >= 4 is 0 Å². The summed E-state index contributed by atoms with van der Waals surface area (Å²) in [5, 5.41) is 47.6. The monoisotopic (exact) mass is 250 g/mol. The molecule has 0 radical (unpaired) electrons. The Morgan fingerprint density at radius 3 is 2.47 bits per heavy atom. The summed E-state index contributed by atoms with van der Waals surface area (Å²) in [6.07, 6.45) is -2.68. The molecule has 0 amide bonds. The van der Waals surface area contributed by atoms with Gasteiger partial charge in [-0.15, -0.1) is 0 Å². The number of rotatable bonds is 6. The lowest BCUT2D eigenvalue weighted by molar-refractivity contribution is -0.242. The Kier molecular flexibility index (Phi) is 5.30. The number of aliphatic hydroxyl groups excluding tert-OH is 4. The minimum absolute atomic E-state index is 0.188. The predicted molar refractivity (Wildman–Crippen MR) is 59.1 cm³/mol. The Bertz CT molecular complexity index is 236. The molecule has 0 aromatic heterocycles. The third-order valence-electron chi connectivity index (χ3n) is 3.17.